The second kappa shape index (κ2) is 11.4. The number of benzene rings is 3. The van der Waals surface area contributed by atoms with E-state index in [0.717, 1.165) is 17.1 Å². The molecule has 0 aliphatic rings. The predicted molar refractivity (Wildman–Crippen MR) is 134 cm³/mol. The Morgan fingerprint density at radius 2 is 1.29 bits per heavy atom. The lowest BCUT2D eigenvalue weighted by Gasteiger charge is -2.10. The monoisotopic (exact) mass is 467 g/mol. The zero-order valence-corrected chi connectivity index (χ0v) is 19.1. The fourth-order valence-corrected chi connectivity index (χ4v) is 3.34. The van der Waals surface area contributed by atoms with Crippen LogP contribution in [0.25, 0.3) is 11.3 Å². The van der Waals surface area contributed by atoms with Crippen molar-refractivity contribution < 1.29 is 14.2 Å². The number of nitriles is 1. The van der Waals surface area contributed by atoms with E-state index >= 15 is 0 Å². The van der Waals surface area contributed by atoms with Crippen molar-refractivity contribution in [1.82, 2.24) is 9.97 Å². The highest BCUT2D eigenvalue weighted by atomic mass is 16.5. The molecular formula is C27H25N5O3. The van der Waals surface area contributed by atoms with Crippen LogP contribution in [0, 0.1) is 11.3 Å². The van der Waals surface area contributed by atoms with Gasteiger partial charge in [0.25, 0.3) is 0 Å². The molecule has 0 atom stereocenters. The maximum Gasteiger partial charge on any atom is 0.222 e. The van der Waals surface area contributed by atoms with E-state index in [1.165, 1.54) is 0 Å². The normalized spacial score (nSPS) is 10.4. The molecule has 0 bridgehead atoms. The van der Waals surface area contributed by atoms with Crippen molar-refractivity contribution in [3.05, 3.63) is 90.0 Å². The van der Waals surface area contributed by atoms with Crippen molar-refractivity contribution in [2.24, 2.45) is 0 Å². The van der Waals surface area contributed by atoms with Gasteiger partial charge in [-0.15, -0.1) is 0 Å². The van der Waals surface area contributed by atoms with Gasteiger partial charge in [-0.25, -0.2) is 4.98 Å². The van der Waals surface area contributed by atoms with Crippen LogP contribution in [0.5, 0.6) is 17.2 Å². The van der Waals surface area contributed by atoms with Crippen LogP contribution in [0.2, 0.25) is 0 Å². The van der Waals surface area contributed by atoms with Crippen LogP contribution in [0.1, 0.15) is 17.5 Å². The molecule has 0 saturated heterocycles. The van der Waals surface area contributed by atoms with Crippen LogP contribution in [0.3, 0.4) is 0 Å². The zero-order chi connectivity index (χ0) is 24.5. The van der Waals surface area contributed by atoms with Gasteiger partial charge in [-0.2, -0.15) is 10.2 Å². The Bertz CT molecular complexity index is 1290. The molecule has 3 aromatic carbocycles. The number of nitrogens with two attached hydrogens (primary N) is 2. The lowest BCUT2D eigenvalue weighted by Crippen LogP contribution is -2.05. The molecule has 0 amide bonds. The van der Waals surface area contributed by atoms with Gasteiger partial charge in [-0.05, 0) is 54.1 Å². The maximum atomic E-state index is 9.34. The van der Waals surface area contributed by atoms with E-state index in [4.69, 9.17) is 25.7 Å². The van der Waals surface area contributed by atoms with E-state index in [1.807, 2.05) is 60.7 Å². The summed E-state index contributed by atoms with van der Waals surface area (Å²) in [4.78, 5) is 7.98. The largest absolute Gasteiger partial charge is 0.493 e. The van der Waals surface area contributed by atoms with E-state index in [9.17, 15) is 5.26 Å². The second-order valence-electron chi connectivity index (χ2n) is 7.62. The minimum atomic E-state index is 0.0196. The average molecular weight is 468 g/mol. The standard InChI is InChI=1S/C27H25N5O3/c28-17-24-25(31-27(30)32-26(24)29)20-7-9-21(10-8-20)33-15-4-16-34-22-11-13-23(14-12-22)35-18-19-5-2-1-3-6-19/h1-3,5-14H,4,15-16,18H2,(H4,29,30,31,32). The number of nitrogen functional groups attached to an aromatic ring is 2. The smallest absolute Gasteiger partial charge is 0.222 e. The molecule has 0 spiro atoms. The van der Waals surface area contributed by atoms with Gasteiger partial charge < -0.3 is 25.7 Å². The second-order valence-corrected chi connectivity index (χ2v) is 7.62. The highest BCUT2D eigenvalue weighted by Gasteiger charge is 2.13. The van der Waals surface area contributed by atoms with E-state index < -0.39 is 0 Å². The molecule has 1 aromatic heterocycles. The maximum absolute atomic E-state index is 9.34. The summed E-state index contributed by atoms with van der Waals surface area (Å²) in [6.07, 6.45) is 0.714. The molecule has 8 nitrogen and oxygen atoms in total. The van der Waals surface area contributed by atoms with Crippen LogP contribution in [-0.4, -0.2) is 23.2 Å². The van der Waals surface area contributed by atoms with E-state index in [-0.39, 0.29) is 17.3 Å². The third kappa shape index (κ3) is 6.39. The molecule has 0 radical (unpaired) electrons. The van der Waals surface area contributed by atoms with Crippen LogP contribution in [0.4, 0.5) is 11.8 Å². The summed E-state index contributed by atoms with van der Waals surface area (Å²) in [6.45, 7) is 1.54. The first kappa shape index (κ1) is 23.4. The van der Waals surface area contributed by atoms with Gasteiger partial charge >= 0.3 is 0 Å². The molecule has 0 unspecified atom stereocenters. The Kier molecular flexibility index (Phi) is 7.61. The summed E-state index contributed by atoms with van der Waals surface area (Å²) >= 11 is 0. The first-order valence-corrected chi connectivity index (χ1v) is 11.1. The number of hydrogen-bond acceptors (Lipinski definition) is 8. The molecule has 0 aliphatic heterocycles. The number of anilines is 2. The third-order valence-electron chi connectivity index (χ3n) is 5.09. The molecular weight excluding hydrogens is 442 g/mol. The first-order chi connectivity index (χ1) is 17.1. The summed E-state index contributed by atoms with van der Waals surface area (Å²) in [6, 6.07) is 26.8. The summed E-state index contributed by atoms with van der Waals surface area (Å²) in [5.41, 5.74) is 13.9. The highest BCUT2D eigenvalue weighted by molar-refractivity contribution is 5.73. The fraction of sp³-hybridized carbons (Fsp3) is 0.148. The van der Waals surface area contributed by atoms with Gasteiger partial charge in [0.05, 0.1) is 18.9 Å². The summed E-state index contributed by atoms with van der Waals surface area (Å²) in [7, 11) is 0. The van der Waals surface area contributed by atoms with Crippen molar-refractivity contribution in [3.8, 4) is 34.6 Å². The molecule has 35 heavy (non-hydrogen) atoms. The van der Waals surface area contributed by atoms with Crippen LogP contribution in [-0.2, 0) is 6.61 Å². The lowest BCUT2D eigenvalue weighted by atomic mass is 10.1. The van der Waals surface area contributed by atoms with Gasteiger partial charge in [0.2, 0.25) is 5.95 Å². The van der Waals surface area contributed by atoms with Gasteiger partial charge in [-0.1, -0.05) is 30.3 Å². The van der Waals surface area contributed by atoms with Crippen molar-refractivity contribution >= 4 is 11.8 Å². The van der Waals surface area contributed by atoms with Crippen molar-refractivity contribution in [3.63, 3.8) is 0 Å². The van der Waals surface area contributed by atoms with Gasteiger partial charge in [0, 0.05) is 12.0 Å². The topological polar surface area (TPSA) is 129 Å². The molecule has 176 valence electrons. The number of nitrogens with zero attached hydrogens (tertiary/aromatic N) is 3. The molecule has 0 saturated carbocycles. The number of rotatable bonds is 10. The van der Waals surface area contributed by atoms with Gasteiger partial charge in [0.1, 0.15) is 41.3 Å². The number of hydrogen-bond donors (Lipinski definition) is 2. The minimum Gasteiger partial charge on any atom is -0.493 e. The Morgan fingerprint density at radius 1 is 0.714 bits per heavy atom. The van der Waals surface area contributed by atoms with Crippen LogP contribution in [0.15, 0.2) is 78.9 Å². The van der Waals surface area contributed by atoms with Crippen LogP contribution < -0.4 is 25.7 Å². The molecule has 8 heteroatoms. The summed E-state index contributed by atoms with van der Waals surface area (Å²) in [5.74, 6) is 2.35. The quantitative estimate of drug-likeness (QED) is 0.324. The van der Waals surface area contributed by atoms with Crippen LogP contribution >= 0.6 is 0 Å². The third-order valence-corrected chi connectivity index (χ3v) is 5.09. The van der Waals surface area contributed by atoms with Crippen molar-refractivity contribution in [2.45, 2.75) is 13.0 Å². The minimum absolute atomic E-state index is 0.0196. The lowest BCUT2D eigenvalue weighted by molar-refractivity contribution is 0.247. The zero-order valence-electron chi connectivity index (χ0n) is 19.1. The first-order valence-electron chi connectivity index (χ1n) is 11.1. The van der Waals surface area contributed by atoms with Gasteiger partial charge in [-0.3, -0.25) is 0 Å². The van der Waals surface area contributed by atoms with Gasteiger partial charge in [0.15, 0.2) is 0 Å². The van der Waals surface area contributed by atoms with E-state index in [2.05, 4.69) is 9.97 Å². The number of ether oxygens (including phenoxy) is 3. The Labute approximate surface area is 203 Å². The van der Waals surface area contributed by atoms with E-state index in [1.54, 1.807) is 24.3 Å². The number of aromatic nitrogens is 2. The SMILES string of the molecule is N#Cc1c(N)nc(N)nc1-c1ccc(OCCCOc2ccc(OCc3ccccc3)cc2)cc1. The Balaban J connectivity index is 1.20. The highest BCUT2D eigenvalue weighted by Crippen LogP contribution is 2.27. The van der Waals surface area contributed by atoms with Crippen molar-refractivity contribution in [1.29, 1.82) is 5.26 Å². The van der Waals surface area contributed by atoms with E-state index in [0.29, 0.717) is 43.2 Å². The Morgan fingerprint density at radius 3 is 1.89 bits per heavy atom. The molecule has 1 heterocycles. The molecule has 0 fully saturated rings. The predicted octanol–water partition coefficient (Wildman–Crippen LogP) is 4.61. The molecule has 4 N–H and O–H groups in total. The summed E-state index contributed by atoms with van der Waals surface area (Å²) in [5, 5.41) is 9.34. The average Bonchev–Trinajstić information content (AvgIpc) is 2.88. The fourth-order valence-electron chi connectivity index (χ4n) is 3.34. The molecule has 0 aliphatic carbocycles. The molecule has 4 rings (SSSR count). The molecule has 4 aromatic rings. The summed E-state index contributed by atoms with van der Waals surface area (Å²) < 4.78 is 17.4. The Hall–Kier alpha value is -4.77. The van der Waals surface area contributed by atoms with Crippen molar-refractivity contribution in [2.75, 3.05) is 24.7 Å².